The maximum atomic E-state index is 12.0. The minimum atomic E-state index is -1.04. The predicted molar refractivity (Wildman–Crippen MR) is 68.8 cm³/mol. The zero-order chi connectivity index (χ0) is 12.5. The Morgan fingerprint density at radius 3 is 2.61 bits per heavy atom. The number of aliphatic hydroxyl groups excluding tert-OH is 1. The van der Waals surface area contributed by atoms with Crippen molar-refractivity contribution in [1.29, 1.82) is 0 Å². The minimum Gasteiger partial charge on any atom is -0.378 e. The first kappa shape index (κ1) is 11.7. The number of hydrogen-bond donors (Lipinski definition) is 2. The number of rotatable bonds is 3. The van der Waals surface area contributed by atoms with Crippen molar-refractivity contribution in [3.05, 3.63) is 35.9 Å². The predicted octanol–water partition coefficient (Wildman–Crippen LogP) is 2.02. The molecule has 96 valence electrons. The molecular formula is C15H19NO2. The van der Waals surface area contributed by atoms with E-state index in [-0.39, 0.29) is 11.9 Å². The van der Waals surface area contributed by atoms with E-state index in [4.69, 9.17) is 0 Å². The van der Waals surface area contributed by atoms with Crippen LogP contribution in [0.15, 0.2) is 30.3 Å². The molecule has 3 heteroatoms. The van der Waals surface area contributed by atoms with Crippen molar-refractivity contribution < 1.29 is 9.90 Å². The van der Waals surface area contributed by atoms with Crippen LogP contribution in [-0.2, 0) is 4.79 Å². The lowest BCUT2D eigenvalue weighted by molar-refractivity contribution is -0.130. The maximum absolute atomic E-state index is 12.0. The molecule has 0 aliphatic heterocycles. The van der Waals surface area contributed by atoms with Gasteiger partial charge in [-0.1, -0.05) is 36.8 Å². The van der Waals surface area contributed by atoms with Gasteiger partial charge in [0.15, 0.2) is 6.10 Å². The molecule has 0 saturated heterocycles. The first-order valence-corrected chi connectivity index (χ1v) is 6.77. The molecule has 0 unspecified atom stereocenters. The zero-order valence-electron chi connectivity index (χ0n) is 10.4. The summed E-state index contributed by atoms with van der Waals surface area (Å²) in [4.78, 5) is 12.0. The van der Waals surface area contributed by atoms with Crippen molar-refractivity contribution in [2.24, 2.45) is 11.8 Å². The molecule has 3 nitrogen and oxygen atoms in total. The lowest BCUT2D eigenvalue weighted by Crippen LogP contribution is -2.41. The summed E-state index contributed by atoms with van der Waals surface area (Å²) in [6, 6.07) is 9.40. The van der Waals surface area contributed by atoms with Gasteiger partial charge in [0.2, 0.25) is 0 Å². The summed E-state index contributed by atoms with van der Waals surface area (Å²) in [5.74, 6) is 1.19. The molecule has 2 fully saturated rings. The maximum Gasteiger partial charge on any atom is 0.253 e. The minimum absolute atomic E-state index is 0.251. The standard InChI is InChI=1S/C15H19NO2/c17-14(11-4-2-1-3-5-11)15(18)16-13-9-10-6-7-12(13)8-10/h1-5,10,12-14,17H,6-9H2,(H,16,18)/t10-,12-,13+,14+/m0/s1. The summed E-state index contributed by atoms with van der Waals surface area (Å²) in [6.07, 6.45) is 3.87. The number of fused-ring (bicyclic) bond motifs is 2. The Kier molecular flexibility index (Phi) is 3.08. The quantitative estimate of drug-likeness (QED) is 0.856. The van der Waals surface area contributed by atoms with Crippen molar-refractivity contribution >= 4 is 5.91 Å². The number of nitrogens with one attached hydrogen (secondary N) is 1. The number of benzene rings is 1. The Balaban J connectivity index is 1.62. The fraction of sp³-hybridized carbons (Fsp3) is 0.533. The normalized spacial score (nSPS) is 31.3. The Morgan fingerprint density at radius 1 is 1.22 bits per heavy atom. The molecule has 1 amide bonds. The fourth-order valence-corrected chi connectivity index (χ4v) is 3.47. The van der Waals surface area contributed by atoms with Crippen molar-refractivity contribution in [3.63, 3.8) is 0 Å². The summed E-state index contributed by atoms with van der Waals surface area (Å²) >= 11 is 0. The summed E-state index contributed by atoms with van der Waals surface area (Å²) in [7, 11) is 0. The summed E-state index contributed by atoms with van der Waals surface area (Å²) in [6.45, 7) is 0. The van der Waals surface area contributed by atoms with E-state index in [2.05, 4.69) is 5.32 Å². The highest BCUT2D eigenvalue weighted by Gasteiger charge is 2.40. The van der Waals surface area contributed by atoms with Gasteiger partial charge in [0.25, 0.3) is 5.91 Å². The van der Waals surface area contributed by atoms with Crippen LogP contribution in [0.5, 0.6) is 0 Å². The van der Waals surface area contributed by atoms with Crippen LogP contribution in [0.1, 0.15) is 37.4 Å². The van der Waals surface area contributed by atoms with E-state index < -0.39 is 6.10 Å². The van der Waals surface area contributed by atoms with Gasteiger partial charge in [0.05, 0.1) is 0 Å². The smallest absolute Gasteiger partial charge is 0.253 e. The second kappa shape index (κ2) is 4.73. The Labute approximate surface area is 107 Å². The number of carbonyl (C=O) groups excluding carboxylic acids is 1. The average Bonchev–Trinajstić information content (AvgIpc) is 3.01. The summed E-state index contributed by atoms with van der Waals surface area (Å²) in [5, 5.41) is 13.0. The van der Waals surface area contributed by atoms with Crippen LogP contribution in [0.2, 0.25) is 0 Å². The van der Waals surface area contributed by atoms with Crippen LogP contribution in [0.3, 0.4) is 0 Å². The van der Waals surface area contributed by atoms with Gasteiger partial charge < -0.3 is 10.4 Å². The second-order valence-corrected chi connectivity index (χ2v) is 5.60. The van der Waals surface area contributed by atoms with Gasteiger partial charge in [-0.05, 0) is 36.7 Å². The molecule has 2 aliphatic rings. The molecule has 0 aromatic heterocycles. The van der Waals surface area contributed by atoms with Crippen LogP contribution in [0, 0.1) is 11.8 Å². The lowest BCUT2D eigenvalue weighted by Gasteiger charge is -2.24. The van der Waals surface area contributed by atoms with E-state index in [0.717, 1.165) is 12.3 Å². The number of hydrogen-bond acceptors (Lipinski definition) is 2. The first-order valence-electron chi connectivity index (χ1n) is 6.77. The number of carbonyl (C=O) groups is 1. The highest BCUT2D eigenvalue weighted by Crippen LogP contribution is 2.44. The molecule has 2 N–H and O–H groups in total. The molecule has 2 saturated carbocycles. The Hall–Kier alpha value is -1.35. The van der Waals surface area contributed by atoms with Crippen LogP contribution in [0.25, 0.3) is 0 Å². The van der Waals surface area contributed by atoms with Crippen LogP contribution in [0.4, 0.5) is 0 Å². The molecule has 3 rings (SSSR count). The molecule has 0 spiro atoms. The molecule has 2 bridgehead atoms. The van der Waals surface area contributed by atoms with E-state index >= 15 is 0 Å². The molecular weight excluding hydrogens is 226 g/mol. The van der Waals surface area contributed by atoms with Crippen LogP contribution < -0.4 is 5.32 Å². The highest BCUT2D eigenvalue weighted by molar-refractivity contribution is 5.82. The topological polar surface area (TPSA) is 49.3 Å². The molecule has 0 heterocycles. The summed E-state index contributed by atoms with van der Waals surface area (Å²) in [5.41, 5.74) is 0.665. The number of aliphatic hydroxyl groups is 1. The molecule has 0 radical (unpaired) electrons. The second-order valence-electron chi connectivity index (χ2n) is 5.60. The molecule has 1 aromatic rings. The molecule has 1 aromatic carbocycles. The third-order valence-corrected chi connectivity index (χ3v) is 4.43. The van der Waals surface area contributed by atoms with Gasteiger partial charge in [-0.2, -0.15) is 0 Å². The number of amides is 1. The van der Waals surface area contributed by atoms with Crippen molar-refractivity contribution in [3.8, 4) is 0 Å². The van der Waals surface area contributed by atoms with Crippen molar-refractivity contribution in [2.45, 2.75) is 37.8 Å². The highest BCUT2D eigenvalue weighted by atomic mass is 16.3. The van der Waals surface area contributed by atoms with Gasteiger partial charge in [0, 0.05) is 6.04 Å². The first-order chi connectivity index (χ1) is 8.74. The lowest BCUT2D eigenvalue weighted by atomic mass is 9.95. The SMILES string of the molecule is O=C(N[C@@H]1C[C@H]2CC[C@H]1C2)[C@H](O)c1ccccc1. The third-order valence-electron chi connectivity index (χ3n) is 4.43. The van der Waals surface area contributed by atoms with Gasteiger partial charge in [-0.15, -0.1) is 0 Å². The van der Waals surface area contributed by atoms with Crippen LogP contribution in [-0.4, -0.2) is 17.1 Å². The van der Waals surface area contributed by atoms with Crippen molar-refractivity contribution in [2.75, 3.05) is 0 Å². The monoisotopic (exact) mass is 245 g/mol. The van der Waals surface area contributed by atoms with Gasteiger partial charge in [0.1, 0.15) is 0 Å². The fourth-order valence-electron chi connectivity index (χ4n) is 3.47. The molecule has 2 aliphatic carbocycles. The van der Waals surface area contributed by atoms with E-state index in [1.165, 1.54) is 19.3 Å². The van der Waals surface area contributed by atoms with Gasteiger partial charge in [-0.3, -0.25) is 4.79 Å². The van der Waals surface area contributed by atoms with Gasteiger partial charge >= 0.3 is 0 Å². The Bertz CT molecular complexity index is 431. The van der Waals surface area contributed by atoms with Crippen molar-refractivity contribution in [1.82, 2.24) is 5.32 Å². The average molecular weight is 245 g/mol. The third kappa shape index (κ3) is 2.15. The van der Waals surface area contributed by atoms with E-state index in [9.17, 15) is 9.90 Å². The summed E-state index contributed by atoms with van der Waals surface area (Å²) < 4.78 is 0. The Morgan fingerprint density at radius 2 is 2.00 bits per heavy atom. The molecule has 18 heavy (non-hydrogen) atoms. The zero-order valence-corrected chi connectivity index (χ0v) is 10.4. The van der Waals surface area contributed by atoms with E-state index in [1.54, 1.807) is 12.1 Å². The van der Waals surface area contributed by atoms with E-state index in [0.29, 0.717) is 11.5 Å². The van der Waals surface area contributed by atoms with E-state index in [1.807, 2.05) is 18.2 Å². The largest absolute Gasteiger partial charge is 0.378 e. The van der Waals surface area contributed by atoms with Crippen LogP contribution >= 0.6 is 0 Å². The van der Waals surface area contributed by atoms with Gasteiger partial charge in [-0.25, -0.2) is 0 Å². The molecule has 4 atom stereocenters.